The average molecular weight is 324 g/mol. The third-order valence-electron chi connectivity index (χ3n) is 2.37. The smallest absolute Gasteiger partial charge is 0.105 e. The van der Waals surface area contributed by atoms with Crippen molar-refractivity contribution >= 4 is 27.7 Å². The zero-order chi connectivity index (χ0) is 13.0. The van der Waals surface area contributed by atoms with E-state index in [1.54, 1.807) is 18.0 Å². The van der Waals surface area contributed by atoms with Crippen LogP contribution in [0.2, 0.25) is 0 Å². The molecule has 0 aliphatic carbocycles. The molecule has 0 atom stereocenters. The number of halogens is 1. The Kier molecular flexibility index (Phi) is 4.74. The predicted molar refractivity (Wildman–Crippen MR) is 77.8 cm³/mol. The fourth-order valence-electron chi connectivity index (χ4n) is 1.55. The molecule has 2 heterocycles. The highest BCUT2D eigenvalue weighted by molar-refractivity contribution is 9.10. The van der Waals surface area contributed by atoms with E-state index < -0.39 is 0 Å². The summed E-state index contributed by atoms with van der Waals surface area (Å²) in [6.07, 6.45) is 3.71. The monoisotopic (exact) mass is 323 g/mol. The maximum absolute atomic E-state index is 4.49. The van der Waals surface area contributed by atoms with E-state index >= 15 is 0 Å². The van der Waals surface area contributed by atoms with Crippen LogP contribution in [0.5, 0.6) is 0 Å². The second-order valence-electron chi connectivity index (χ2n) is 3.91. The number of pyridine rings is 2. The Morgan fingerprint density at radius 3 is 2.72 bits per heavy atom. The third kappa shape index (κ3) is 3.54. The number of aromatic nitrogens is 2. The average Bonchev–Trinajstić information content (AvgIpc) is 2.36. The molecule has 3 nitrogen and oxygen atoms in total. The first-order valence-electron chi connectivity index (χ1n) is 5.58. The van der Waals surface area contributed by atoms with Gasteiger partial charge in [-0.05, 0) is 64.9 Å². The maximum Gasteiger partial charge on any atom is 0.105 e. The van der Waals surface area contributed by atoms with E-state index in [1.165, 1.54) is 11.1 Å². The van der Waals surface area contributed by atoms with Gasteiger partial charge in [0.25, 0.3) is 0 Å². The van der Waals surface area contributed by atoms with Crippen LogP contribution in [0.3, 0.4) is 0 Å². The molecule has 2 aromatic heterocycles. The molecule has 0 aliphatic heterocycles. The van der Waals surface area contributed by atoms with Crippen LogP contribution in [0.15, 0.2) is 45.1 Å². The molecule has 18 heavy (non-hydrogen) atoms. The van der Waals surface area contributed by atoms with Gasteiger partial charge in [-0.2, -0.15) is 0 Å². The summed E-state index contributed by atoms with van der Waals surface area (Å²) in [5, 5.41) is 5.08. The quantitative estimate of drug-likeness (QED) is 0.935. The van der Waals surface area contributed by atoms with Gasteiger partial charge >= 0.3 is 0 Å². The fourth-order valence-corrected chi connectivity index (χ4v) is 2.55. The Hall–Kier alpha value is -0.910. The van der Waals surface area contributed by atoms with E-state index in [2.05, 4.69) is 44.2 Å². The number of nitrogens with one attached hydrogen (secondary N) is 1. The lowest BCUT2D eigenvalue weighted by molar-refractivity contribution is 0.806. The minimum atomic E-state index is 0.843. The van der Waals surface area contributed by atoms with Gasteiger partial charge in [-0.3, -0.25) is 0 Å². The van der Waals surface area contributed by atoms with Crippen LogP contribution in [0.4, 0.5) is 0 Å². The molecule has 1 N–H and O–H groups in total. The minimum Gasteiger partial charge on any atom is -0.316 e. The molecule has 0 spiro atoms. The van der Waals surface area contributed by atoms with Crippen molar-refractivity contribution in [3.8, 4) is 0 Å². The molecule has 0 fully saturated rings. The van der Waals surface area contributed by atoms with Crippen molar-refractivity contribution in [1.29, 1.82) is 0 Å². The van der Waals surface area contributed by atoms with Crippen molar-refractivity contribution in [2.75, 3.05) is 7.05 Å². The molecule has 0 radical (unpaired) electrons. The van der Waals surface area contributed by atoms with Crippen LogP contribution >= 0.6 is 27.7 Å². The van der Waals surface area contributed by atoms with E-state index in [4.69, 9.17) is 0 Å². The summed E-state index contributed by atoms with van der Waals surface area (Å²) in [7, 11) is 1.93. The molecular formula is C13H14BrN3S. The summed E-state index contributed by atoms with van der Waals surface area (Å²) in [4.78, 5) is 8.82. The molecule has 0 aliphatic rings. The molecule has 5 heteroatoms. The zero-order valence-electron chi connectivity index (χ0n) is 10.3. The van der Waals surface area contributed by atoms with Crippen molar-refractivity contribution in [2.45, 2.75) is 23.5 Å². The highest BCUT2D eigenvalue weighted by atomic mass is 79.9. The van der Waals surface area contributed by atoms with E-state index in [0.717, 1.165) is 21.1 Å². The number of aryl methyl sites for hydroxylation is 1. The summed E-state index contributed by atoms with van der Waals surface area (Å²) in [6, 6.07) is 6.13. The Bertz CT molecular complexity index is 528. The molecule has 94 valence electrons. The van der Waals surface area contributed by atoms with Gasteiger partial charge in [0.05, 0.1) is 0 Å². The highest BCUT2D eigenvalue weighted by Crippen LogP contribution is 2.27. The van der Waals surface area contributed by atoms with Gasteiger partial charge in [-0.1, -0.05) is 6.07 Å². The largest absolute Gasteiger partial charge is 0.316 e. The Morgan fingerprint density at radius 1 is 1.28 bits per heavy atom. The van der Waals surface area contributed by atoms with Gasteiger partial charge in [0.1, 0.15) is 10.1 Å². The summed E-state index contributed by atoms with van der Waals surface area (Å²) >= 11 is 4.96. The van der Waals surface area contributed by atoms with Crippen molar-refractivity contribution in [2.24, 2.45) is 0 Å². The van der Waals surface area contributed by atoms with Crippen LogP contribution in [0, 0.1) is 6.92 Å². The third-order valence-corrected chi connectivity index (χ3v) is 3.91. The van der Waals surface area contributed by atoms with E-state index in [-0.39, 0.29) is 0 Å². The SMILES string of the molecule is CNCc1cnc(Sc2ccc(Br)cn2)c(C)c1. The first-order valence-corrected chi connectivity index (χ1v) is 7.19. The van der Waals surface area contributed by atoms with Crippen molar-refractivity contribution < 1.29 is 0 Å². The van der Waals surface area contributed by atoms with Crippen LogP contribution < -0.4 is 5.32 Å². The number of nitrogens with zero attached hydrogens (tertiary/aromatic N) is 2. The molecule has 0 saturated heterocycles. The summed E-state index contributed by atoms with van der Waals surface area (Å²) in [5.41, 5.74) is 2.38. The van der Waals surface area contributed by atoms with Crippen LogP contribution in [0.1, 0.15) is 11.1 Å². The van der Waals surface area contributed by atoms with E-state index in [9.17, 15) is 0 Å². The van der Waals surface area contributed by atoms with Crippen molar-refractivity contribution in [1.82, 2.24) is 15.3 Å². The second kappa shape index (κ2) is 6.31. The van der Waals surface area contributed by atoms with E-state index in [0.29, 0.717) is 0 Å². The lowest BCUT2D eigenvalue weighted by atomic mass is 10.2. The molecule has 2 aromatic rings. The van der Waals surface area contributed by atoms with Gasteiger partial charge in [0, 0.05) is 23.4 Å². The second-order valence-corrected chi connectivity index (χ2v) is 5.84. The van der Waals surface area contributed by atoms with Crippen LogP contribution in [-0.2, 0) is 6.54 Å². The van der Waals surface area contributed by atoms with Crippen LogP contribution in [-0.4, -0.2) is 17.0 Å². The standard InChI is InChI=1S/C13H14BrN3S/c1-9-5-10(6-15-2)7-17-13(9)18-12-4-3-11(14)8-16-12/h3-5,7-8,15H,6H2,1-2H3. The zero-order valence-corrected chi connectivity index (χ0v) is 12.7. The van der Waals surface area contributed by atoms with E-state index in [1.807, 2.05) is 25.4 Å². The number of rotatable bonds is 4. The number of hydrogen-bond acceptors (Lipinski definition) is 4. The molecule has 0 amide bonds. The highest BCUT2D eigenvalue weighted by Gasteiger charge is 2.05. The van der Waals surface area contributed by atoms with Gasteiger partial charge in [0.15, 0.2) is 0 Å². The Morgan fingerprint density at radius 2 is 2.11 bits per heavy atom. The molecule has 0 bridgehead atoms. The lowest BCUT2D eigenvalue weighted by Crippen LogP contribution is -2.05. The minimum absolute atomic E-state index is 0.843. The van der Waals surface area contributed by atoms with Crippen molar-refractivity contribution in [3.05, 3.63) is 46.2 Å². The van der Waals surface area contributed by atoms with Crippen LogP contribution in [0.25, 0.3) is 0 Å². The van der Waals surface area contributed by atoms with Gasteiger partial charge in [0.2, 0.25) is 0 Å². The van der Waals surface area contributed by atoms with Crippen molar-refractivity contribution in [3.63, 3.8) is 0 Å². The normalized spacial score (nSPS) is 10.6. The lowest BCUT2D eigenvalue weighted by Gasteiger charge is -2.06. The summed E-state index contributed by atoms with van der Waals surface area (Å²) < 4.78 is 0.987. The molecular weight excluding hydrogens is 310 g/mol. The fraction of sp³-hybridized carbons (Fsp3) is 0.231. The van der Waals surface area contributed by atoms with Gasteiger partial charge < -0.3 is 5.32 Å². The maximum atomic E-state index is 4.49. The topological polar surface area (TPSA) is 37.8 Å². The number of hydrogen-bond donors (Lipinski definition) is 1. The molecule has 0 saturated carbocycles. The first kappa shape index (κ1) is 13.5. The predicted octanol–water partition coefficient (Wildman–Crippen LogP) is 3.42. The Balaban J connectivity index is 2.16. The Labute approximate surface area is 120 Å². The van der Waals surface area contributed by atoms with Gasteiger partial charge in [-0.25, -0.2) is 9.97 Å². The summed E-state index contributed by atoms with van der Waals surface area (Å²) in [5.74, 6) is 0. The first-order chi connectivity index (χ1) is 8.69. The molecule has 2 rings (SSSR count). The molecule has 0 unspecified atom stereocenters. The molecule has 0 aromatic carbocycles. The summed E-state index contributed by atoms with van der Waals surface area (Å²) in [6.45, 7) is 2.92. The van der Waals surface area contributed by atoms with Gasteiger partial charge in [-0.15, -0.1) is 0 Å².